The lowest BCUT2D eigenvalue weighted by Gasteiger charge is -2.62. The monoisotopic (exact) mass is 838 g/mol. The van der Waals surface area contributed by atoms with E-state index in [9.17, 15) is 45.4 Å². The number of ether oxygens (including phenoxy) is 3. The highest BCUT2D eigenvalue weighted by atomic mass is 32.3. The maximum atomic E-state index is 13.4. The molecule has 0 amide bonds. The Morgan fingerprint density at radius 2 is 1.36 bits per heavy atom. The number of carbonyl (C=O) groups is 3. The summed E-state index contributed by atoms with van der Waals surface area (Å²) in [5.41, 5.74) is -1.34. The molecule has 15 atom stereocenters. The molecule has 0 aromatic carbocycles. The van der Waals surface area contributed by atoms with Gasteiger partial charge in [-0.25, -0.2) is 8.37 Å². The van der Waals surface area contributed by atoms with E-state index in [0.717, 1.165) is 0 Å². The molecule has 3 N–H and O–H groups in total. The van der Waals surface area contributed by atoms with Crippen LogP contribution in [-0.2, 0) is 57.8 Å². The van der Waals surface area contributed by atoms with Gasteiger partial charge < -0.3 is 19.3 Å². The van der Waals surface area contributed by atoms with Gasteiger partial charge >= 0.3 is 38.7 Å². The second-order valence-corrected chi connectivity index (χ2v) is 20.0. The van der Waals surface area contributed by atoms with E-state index < -0.39 is 104 Å². The van der Waals surface area contributed by atoms with Crippen LogP contribution >= 0.6 is 0 Å². The van der Waals surface area contributed by atoms with Gasteiger partial charge in [-0.3, -0.25) is 23.5 Å². The topological polar surface area (TPSA) is 226 Å². The number of hydrogen-bond acceptors (Lipinski definition) is 13. The molecule has 0 radical (unpaired) electrons. The first-order valence-corrected chi connectivity index (χ1v) is 23.2. The lowest BCUT2D eigenvalue weighted by molar-refractivity contribution is -0.188. The van der Waals surface area contributed by atoms with E-state index in [4.69, 9.17) is 22.6 Å². The van der Waals surface area contributed by atoms with Crippen LogP contribution in [0.2, 0.25) is 0 Å². The molecule has 324 valence electrons. The van der Waals surface area contributed by atoms with Crippen LogP contribution < -0.4 is 0 Å². The fraction of sp³-hybridized carbons (Fsp3) is 0.923. The summed E-state index contributed by atoms with van der Waals surface area (Å²) in [4.78, 5) is 39.4. The molecule has 0 spiro atoms. The molecule has 56 heavy (non-hydrogen) atoms. The maximum absolute atomic E-state index is 13.4. The lowest BCUT2D eigenvalue weighted by Crippen LogP contribution is -2.59. The van der Waals surface area contributed by atoms with Crippen LogP contribution in [0, 0.1) is 58.2 Å². The van der Waals surface area contributed by atoms with Crippen molar-refractivity contribution < 1.29 is 68.0 Å². The van der Waals surface area contributed by atoms with Crippen molar-refractivity contribution in [1.29, 1.82) is 0 Å². The summed E-state index contributed by atoms with van der Waals surface area (Å²) in [5, 5.41) is 12.5. The SMILES string of the molecule is CCCC(=O)OC(C(CC)C(C)C)C(OC(=O)CCC)[C@@H](C)[C@H]1[C@@H](O)C(OC(C)=O)C2C3CCC4C[C@H](OS(=O)(=O)O)[C@@H](OS(=O)(=O)O)C[C@]4(C)C3CC[C@@]21C. The van der Waals surface area contributed by atoms with Gasteiger partial charge in [0.2, 0.25) is 0 Å². The molecule has 4 saturated carbocycles. The van der Waals surface area contributed by atoms with Crippen LogP contribution in [-0.4, -0.2) is 85.6 Å². The molecule has 4 aliphatic rings. The van der Waals surface area contributed by atoms with Gasteiger partial charge in [0.25, 0.3) is 0 Å². The zero-order valence-corrected chi connectivity index (χ0v) is 36.1. The highest BCUT2D eigenvalue weighted by Crippen LogP contribution is 2.69. The maximum Gasteiger partial charge on any atom is 0.397 e. The molecule has 15 nitrogen and oxygen atoms in total. The second kappa shape index (κ2) is 18.2. The molecule has 0 heterocycles. The molecular weight excluding hydrogens is 773 g/mol. The minimum absolute atomic E-state index is 0.0171. The average Bonchev–Trinajstić information content (AvgIpc) is 3.27. The highest BCUT2D eigenvalue weighted by Gasteiger charge is 2.69. The van der Waals surface area contributed by atoms with Crippen LogP contribution in [0.1, 0.15) is 133 Å². The first kappa shape index (κ1) is 46.8. The zero-order valence-electron chi connectivity index (χ0n) is 34.4. The number of rotatable bonds is 17. The molecular formula is C39H66O15S2. The highest BCUT2D eigenvalue weighted by molar-refractivity contribution is 7.81. The lowest BCUT2D eigenvalue weighted by atomic mass is 9.44. The summed E-state index contributed by atoms with van der Waals surface area (Å²) in [6, 6.07) is 0. The fourth-order valence-corrected chi connectivity index (χ4v) is 13.1. The van der Waals surface area contributed by atoms with E-state index in [1.54, 1.807) is 0 Å². The van der Waals surface area contributed by atoms with Crippen LogP contribution in [0.4, 0.5) is 0 Å². The van der Waals surface area contributed by atoms with Gasteiger partial charge in [0.1, 0.15) is 30.5 Å². The Morgan fingerprint density at radius 1 is 0.804 bits per heavy atom. The Hall–Kier alpha value is -1.89. The molecule has 0 aromatic heterocycles. The van der Waals surface area contributed by atoms with E-state index in [-0.39, 0.29) is 55.3 Å². The van der Waals surface area contributed by atoms with Crippen LogP contribution in [0.25, 0.3) is 0 Å². The first-order chi connectivity index (χ1) is 25.9. The predicted molar refractivity (Wildman–Crippen MR) is 203 cm³/mol. The minimum atomic E-state index is -5.04. The number of aliphatic hydroxyl groups is 1. The van der Waals surface area contributed by atoms with E-state index >= 15 is 0 Å². The van der Waals surface area contributed by atoms with Crippen LogP contribution in [0.15, 0.2) is 0 Å². The first-order valence-electron chi connectivity index (χ1n) is 20.5. The number of carbonyl (C=O) groups excluding carboxylic acids is 3. The molecule has 8 unspecified atom stereocenters. The second-order valence-electron chi connectivity index (χ2n) is 17.9. The Kier molecular flexibility index (Phi) is 15.2. The number of fused-ring (bicyclic) bond motifs is 5. The van der Waals surface area contributed by atoms with Crippen molar-refractivity contribution >= 4 is 38.7 Å². The summed E-state index contributed by atoms with van der Waals surface area (Å²) < 4.78 is 95.2. The summed E-state index contributed by atoms with van der Waals surface area (Å²) in [6.07, 6.45) is -2.21. The predicted octanol–water partition coefficient (Wildman–Crippen LogP) is 5.89. The Labute approximate surface area is 333 Å². The summed E-state index contributed by atoms with van der Waals surface area (Å²) in [5.74, 6) is -3.52. The molecule has 4 fully saturated rings. The van der Waals surface area contributed by atoms with E-state index in [1.165, 1.54) is 6.92 Å². The van der Waals surface area contributed by atoms with Gasteiger partial charge in [-0.1, -0.05) is 55.4 Å². The minimum Gasteiger partial charge on any atom is -0.459 e. The standard InChI is InChI=1S/C39H66O15S2/c1-10-13-30(41)51-35(36(25(12-3)21(4)5)52-31(42)14-11-2)22(6)32-34(43)37(50-23(7)40)33-26-16-15-24-19-28(53-55(44,45)46)29(54-56(47,48)49)20-39(24,9)27(26)17-18-38(32,33)8/h21-22,24-29,32-37,43H,10-20H2,1-9H3,(H,44,45,46)(H,47,48,49)/t22-,24?,25?,26?,27?,28-,29-,32-,33?,34+,35?,36?,37?,38+,39-/m0/s1. The molecule has 4 aliphatic carbocycles. The van der Waals surface area contributed by atoms with Gasteiger partial charge in [-0.2, -0.15) is 16.8 Å². The number of hydrogen-bond donors (Lipinski definition) is 3. The normalized spacial score (nSPS) is 36.6. The Morgan fingerprint density at radius 3 is 1.86 bits per heavy atom. The van der Waals surface area contributed by atoms with Crippen molar-refractivity contribution in [1.82, 2.24) is 0 Å². The van der Waals surface area contributed by atoms with Gasteiger partial charge in [0, 0.05) is 43.4 Å². The van der Waals surface area contributed by atoms with Crippen molar-refractivity contribution in [2.75, 3.05) is 0 Å². The zero-order chi connectivity index (χ0) is 42.1. The number of esters is 3. The molecule has 0 saturated heterocycles. The third kappa shape index (κ3) is 10.1. The molecule has 17 heteroatoms. The number of aliphatic hydroxyl groups excluding tert-OH is 1. The van der Waals surface area contributed by atoms with Crippen LogP contribution in [0.3, 0.4) is 0 Å². The van der Waals surface area contributed by atoms with Crippen molar-refractivity contribution in [3.05, 3.63) is 0 Å². The quantitative estimate of drug-likeness (QED) is 0.0882. The largest absolute Gasteiger partial charge is 0.459 e. The van der Waals surface area contributed by atoms with Crippen molar-refractivity contribution in [2.24, 2.45) is 58.2 Å². The van der Waals surface area contributed by atoms with Gasteiger partial charge in [-0.15, -0.1) is 0 Å². The van der Waals surface area contributed by atoms with E-state index in [1.807, 2.05) is 48.5 Å². The molecule has 0 bridgehead atoms. The summed E-state index contributed by atoms with van der Waals surface area (Å²) >= 11 is 0. The average molecular weight is 839 g/mol. The van der Waals surface area contributed by atoms with Crippen molar-refractivity contribution in [3.63, 3.8) is 0 Å². The summed E-state index contributed by atoms with van der Waals surface area (Å²) in [7, 11) is -10.0. The Balaban J connectivity index is 1.80. The third-order valence-electron chi connectivity index (χ3n) is 14.1. The molecule has 0 aromatic rings. The Bertz CT molecular complexity index is 1620. The molecule has 0 aliphatic heterocycles. The fourth-order valence-electron chi connectivity index (χ4n) is 12.1. The van der Waals surface area contributed by atoms with Crippen molar-refractivity contribution in [3.8, 4) is 0 Å². The van der Waals surface area contributed by atoms with E-state index in [2.05, 4.69) is 6.92 Å². The van der Waals surface area contributed by atoms with Crippen LogP contribution in [0.5, 0.6) is 0 Å². The van der Waals surface area contributed by atoms with E-state index in [0.29, 0.717) is 44.9 Å². The van der Waals surface area contributed by atoms with Gasteiger partial charge in [0.05, 0.1) is 6.10 Å². The third-order valence-corrected chi connectivity index (χ3v) is 15.1. The smallest absolute Gasteiger partial charge is 0.397 e. The van der Waals surface area contributed by atoms with Gasteiger partial charge in [-0.05, 0) is 92.3 Å². The summed E-state index contributed by atoms with van der Waals surface area (Å²) in [6.45, 7) is 17.1. The van der Waals surface area contributed by atoms with Crippen molar-refractivity contribution in [2.45, 2.75) is 170 Å². The van der Waals surface area contributed by atoms with Gasteiger partial charge in [0.15, 0.2) is 0 Å². The molecule has 4 rings (SSSR count).